The van der Waals surface area contributed by atoms with Crippen LogP contribution in [0.15, 0.2) is 70.7 Å². The predicted molar refractivity (Wildman–Crippen MR) is 135 cm³/mol. The summed E-state index contributed by atoms with van der Waals surface area (Å²) in [7, 11) is 0. The molecule has 0 N–H and O–H groups in total. The van der Waals surface area contributed by atoms with Gasteiger partial charge in [-0.3, -0.25) is 14.4 Å². The van der Waals surface area contributed by atoms with E-state index in [1.54, 1.807) is 16.8 Å². The largest absolute Gasteiger partial charge is 0.489 e. The molecule has 0 aliphatic carbocycles. The van der Waals surface area contributed by atoms with Crippen LogP contribution in [0.5, 0.6) is 5.75 Å². The van der Waals surface area contributed by atoms with Gasteiger partial charge in [-0.25, -0.2) is 0 Å². The maximum atomic E-state index is 12.8. The molecule has 7 heteroatoms. The zero-order valence-corrected chi connectivity index (χ0v) is 19.7. The van der Waals surface area contributed by atoms with Crippen molar-refractivity contribution in [2.24, 2.45) is 5.10 Å². The van der Waals surface area contributed by atoms with Crippen LogP contribution < -0.4 is 15.3 Å². The lowest BCUT2D eigenvalue weighted by Crippen LogP contribution is -2.31. The van der Waals surface area contributed by atoms with Crippen molar-refractivity contribution in [2.75, 3.05) is 31.2 Å². The van der Waals surface area contributed by atoms with Crippen LogP contribution >= 0.6 is 11.6 Å². The van der Waals surface area contributed by atoms with Crippen molar-refractivity contribution in [1.29, 1.82) is 0 Å². The minimum absolute atomic E-state index is 0.154. The minimum Gasteiger partial charge on any atom is -0.489 e. The third-order valence-corrected chi connectivity index (χ3v) is 6.15. The Morgan fingerprint density at radius 3 is 2.64 bits per heavy atom. The Labute approximate surface area is 199 Å². The van der Waals surface area contributed by atoms with Crippen LogP contribution in [0.3, 0.4) is 0 Å². The maximum Gasteiger partial charge on any atom is 0.258 e. The lowest BCUT2D eigenvalue weighted by Gasteiger charge is -2.24. The molecule has 6 nitrogen and oxygen atoms in total. The van der Waals surface area contributed by atoms with Crippen LogP contribution in [0.1, 0.15) is 24.0 Å². The third kappa shape index (κ3) is 5.83. The average molecular weight is 465 g/mol. The molecule has 172 valence electrons. The van der Waals surface area contributed by atoms with Gasteiger partial charge in [-0.15, -0.1) is 0 Å². The number of rotatable bonds is 9. The van der Waals surface area contributed by atoms with Crippen molar-refractivity contribution in [3.8, 4) is 11.4 Å². The molecule has 1 aliphatic rings. The van der Waals surface area contributed by atoms with Crippen LogP contribution in [-0.2, 0) is 6.61 Å². The highest BCUT2D eigenvalue weighted by molar-refractivity contribution is 6.30. The van der Waals surface area contributed by atoms with E-state index in [9.17, 15) is 4.79 Å². The molecule has 0 radical (unpaired) electrons. The first kappa shape index (κ1) is 23.1. The number of hydrogen-bond donors (Lipinski definition) is 0. The topological polar surface area (TPSA) is 50.1 Å². The van der Waals surface area contributed by atoms with E-state index in [0.717, 1.165) is 48.7 Å². The summed E-state index contributed by atoms with van der Waals surface area (Å²) in [5.74, 6) is 0.522. The molecule has 1 saturated heterocycles. The second kappa shape index (κ2) is 10.7. The molecule has 4 rings (SSSR count). The van der Waals surface area contributed by atoms with Crippen LogP contribution in [0.4, 0.5) is 5.69 Å². The summed E-state index contributed by atoms with van der Waals surface area (Å²) in [6, 6.07) is 16.7. The SMILES string of the molecule is C=NN(CCN1CCCC1)c1ccc(-n2ccc(OCc3cccc(Cl)c3)cc2=O)cc1C. The number of nitrogens with zero attached hydrogens (tertiary/aromatic N) is 4. The number of ether oxygens (including phenoxy) is 1. The fourth-order valence-corrected chi connectivity index (χ4v) is 4.36. The van der Waals surface area contributed by atoms with Crippen LogP contribution in [0.25, 0.3) is 5.69 Å². The van der Waals surface area contributed by atoms with Crippen LogP contribution in [0, 0.1) is 6.92 Å². The molecule has 0 spiro atoms. The van der Waals surface area contributed by atoms with Gasteiger partial charge in [0.25, 0.3) is 5.56 Å². The number of benzene rings is 2. The number of aromatic nitrogens is 1. The van der Waals surface area contributed by atoms with Gasteiger partial charge in [0.15, 0.2) is 0 Å². The molecule has 1 aromatic heterocycles. The molecule has 2 heterocycles. The van der Waals surface area contributed by atoms with Crippen molar-refractivity contribution in [3.63, 3.8) is 0 Å². The monoisotopic (exact) mass is 464 g/mol. The standard InChI is InChI=1S/C26H29ClN4O2/c1-20-16-23(8-9-25(20)31(28-2)15-14-29-11-3-4-12-29)30-13-10-24(18-26(30)32)33-19-21-6-5-7-22(27)17-21/h5-10,13,16-18H,2-4,11-12,14-15,19H2,1H3. The number of pyridine rings is 1. The normalized spacial score (nSPS) is 13.8. The zero-order valence-electron chi connectivity index (χ0n) is 18.9. The van der Waals surface area contributed by atoms with Crippen molar-refractivity contribution in [1.82, 2.24) is 9.47 Å². The number of hydrazone groups is 1. The summed E-state index contributed by atoms with van der Waals surface area (Å²) in [5.41, 5.74) is 3.63. The Kier molecular flexibility index (Phi) is 7.47. The van der Waals surface area contributed by atoms with Crippen LogP contribution in [0.2, 0.25) is 5.02 Å². The number of hydrogen-bond acceptors (Lipinski definition) is 5. The van der Waals surface area contributed by atoms with Gasteiger partial charge in [-0.1, -0.05) is 23.7 Å². The van der Waals surface area contributed by atoms with Gasteiger partial charge in [0.1, 0.15) is 12.4 Å². The summed E-state index contributed by atoms with van der Waals surface area (Å²) >= 11 is 6.02. The van der Waals surface area contributed by atoms with E-state index < -0.39 is 0 Å². The first-order chi connectivity index (χ1) is 16.0. The Hall–Kier alpha value is -3.09. The Morgan fingerprint density at radius 1 is 1.12 bits per heavy atom. The molecule has 0 saturated carbocycles. The van der Waals surface area contributed by atoms with E-state index in [-0.39, 0.29) is 5.56 Å². The van der Waals surface area contributed by atoms with Gasteiger partial charge >= 0.3 is 0 Å². The van der Waals surface area contributed by atoms with E-state index in [2.05, 4.69) is 16.7 Å². The molecule has 3 aromatic rings. The fourth-order valence-electron chi connectivity index (χ4n) is 4.15. The third-order valence-electron chi connectivity index (χ3n) is 5.92. The van der Waals surface area contributed by atoms with E-state index in [1.807, 2.05) is 54.4 Å². The Bertz CT molecular complexity index is 1170. The second-order valence-corrected chi connectivity index (χ2v) is 8.71. The molecular formula is C26H29ClN4O2. The molecule has 0 bridgehead atoms. The van der Waals surface area contributed by atoms with E-state index >= 15 is 0 Å². The number of likely N-dealkylation sites (tertiary alicyclic amines) is 1. The van der Waals surface area contributed by atoms with E-state index in [1.165, 1.54) is 18.9 Å². The smallest absolute Gasteiger partial charge is 0.258 e. The van der Waals surface area contributed by atoms with Gasteiger partial charge in [-0.05, 0) is 80.4 Å². The predicted octanol–water partition coefficient (Wildman–Crippen LogP) is 4.90. The molecule has 2 aromatic carbocycles. The molecular weight excluding hydrogens is 436 g/mol. The van der Waals surface area contributed by atoms with Gasteiger partial charge in [0.2, 0.25) is 0 Å². The van der Waals surface area contributed by atoms with Gasteiger partial charge in [-0.2, -0.15) is 5.10 Å². The molecule has 0 atom stereocenters. The van der Waals surface area contributed by atoms with Crippen molar-refractivity contribution < 1.29 is 4.74 Å². The minimum atomic E-state index is -0.154. The highest BCUT2D eigenvalue weighted by atomic mass is 35.5. The van der Waals surface area contributed by atoms with Gasteiger partial charge in [0.05, 0.1) is 12.2 Å². The van der Waals surface area contributed by atoms with Gasteiger partial charge < -0.3 is 9.64 Å². The zero-order chi connectivity index (χ0) is 23.2. The van der Waals surface area contributed by atoms with Crippen LogP contribution in [-0.4, -0.2) is 42.4 Å². The van der Waals surface area contributed by atoms with Crippen molar-refractivity contribution in [3.05, 3.63) is 87.3 Å². The number of anilines is 1. The van der Waals surface area contributed by atoms with Crippen molar-refractivity contribution >= 4 is 24.0 Å². The lowest BCUT2D eigenvalue weighted by molar-refractivity contribution is 0.305. The summed E-state index contributed by atoms with van der Waals surface area (Å²) < 4.78 is 7.38. The lowest BCUT2D eigenvalue weighted by atomic mass is 10.1. The average Bonchev–Trinajstić information content (AvgIpc) is 3.33. The molecule has 0 amide bonds. The fraction of sp³-hybridized carbons (Fsp3) is 0.308. The molecule has 1 aliphatic heterocycles. The summed E-state index contributed by atoms with van der Waals surface area (Å²) in [6.07, 6.45) is 4.28. The number of aryl methyl sites for hydroxylation is 1. The summed E-state index contributed by atoms with van der Waals surface area (Å²) in [4.78, 5) is 15.2. The van der Waals surface area contributed by atoms with E-state index in [0.29, 0.717) is 17.4 Å². The molecule has 33 heavy (non-hydrogen) atoms. The highest BCUT2D eigenvalue weighted by Crippen LogP contribution is 2.24. The second-order valence-electron chi connectivity index (χ2n) is 8.27. The number of halogens is 1. The molecule has 1 fully saturated rings. The Balaban J connectivity index is 1.45. The first-order valence-corrected chi connectivity index (χ1v) is 11.6. The summed E-state index contributed by atoms with van der Waals surface area (Å²) in [6.45, 7) is 10.2. The summed E-state index contributed by atoms with van der Waals surface area (Å²) in [5, 5.41) is 6.82. The molecule has 0 unspecified atom stereocenters. The van der Waals surface area contributed by atoms with Gasteiger partial charge in [0, 0.05) is 36.2 Å². The van der Waals surface area contributed by atoms with E-state index in [4.69, 9.17) is 16.3 Å². The Morgan fingerprint density at radius 2 is 1.94 bits per heavy atom. The van der Waals surface area contributed by atoms with Crippen molar-refractivity contribution in [2.45, 2.75) is 26.4 Å². The first-order valence-electron chi connectivity index (χ1n) is 11.2. The maximum absolute atomic E-state index is 12.8. The quantitative estimate of drug-likeness (QED) is 0.334. The highest BCUT2D eigenvalue weighted by Gasteiger charge is 2.15.